The molecule has 17 heavy (non-hydrogen) atoms. The second-order valence-corrected chi connectivity index (χ2v) is 7.38. The molecule has 1 aliphatic heterocycles. The maximum Gasteiger partial charge on any atom is -0.00382 e. The summed E-state index contributed by atoms with van der Waals surface area (Å²) in [6, 6.07) is 10.6. The first kappa shape index (κ1) is 12.5. The SMILES string of the molecule is CCCCS1(NC)C=CC(c2ccccc2)=C1. The van der Waals surface area contributed by atoms with Crippen LogP contribution in [0.2, 0.25) is 0 Å². The maximum absolute atomic E-state index is 3.53. The smallest absolute Gasteiger partial charge is 0.00382 e. The molecule has 92 valence electrons. The van der Waals surface area contributed by atoms with Crippen molar-refractivity contribution < 1.29 is 0 Å². The lowest BCUT2D eigenvalue weighted by Gasteiger charge is -2.31. The van der Waals surface area contributed by atoms with Gasteiger partial charge >= 0.3 is 0 Å². The zero-order chi connectivity index (χ0) is 12.1. The van der Waals surface area contributed by atoms with Gasteiger partial charge in [0.1, 0.15) is 0 Å². The molecule has 1 atom stereocenters. The fourth-order valence-electron chi connectivity index (χ4n) is 2.03. The first-order chi connectivity index (χ1) is 8.29. The van der Waals surface area contributed by atoms with Crippen molar-refractivity contribution in [1.29, 1.82) is 0 Å². The minimum Gasteiger partial charge on any atom is -0.277 e. The molecule has 0 saturated heterocycles. The number of unbranched alkanes of at least 4 members (excludes halogenated alkanes) is 1. The molecule has 1 N–H and O–H groups in total. The van der Waals surface area contributed by atoms with Gasteiger partial charge in [-0.3, -0.25) is 4.72 Å². The fraction of sp³-hybridized carbons (Fsp3) is 0.333. The number of allylic oxidation sites excluding steroid dienone is 2. The van der Waals surface area contributed by atoms with Crippen LogP contribution in [0.3, 0.4) is 0 Å². The summed E-state index contributed by atoms with van der Waals surface area (Å²) in [6.07, 6.45) is 4.83. The summed E-state index contributed by atoms with van der Waals surface area (Å²) in [5.41, 5.74) is 2.69. The summed E-state index contributed by atoms with van der Waals surface area (Å²) in [5, 5.41) is 4.82. The van der Waals surface area contributed by atoms with Crippen LogP contribution < -0.4 is 4.72 Å². The number of benzene rings is 1. The van der Waals surface area contributed by atoms with E-state index in [9.17, 15) is 0 Å². The van der Waals surface area contributed by atoms with Crippen LogP contribution in [-0.4, -0.2) is 12.8 Å². The molecule has 1 heterocycles. The Hall–Kier alpha value is -0.990. The summed E-state index contributed by atoms with van der Waals surface area (Å²) < 4.78 is 3.53. The monoisotopic (exact) mass is 247 g/mol. The molecule has 0 radical (unpaired) electrons. The average molecular weight is 247 g/mol. The highest BCUT2D eigenvalue weighted by atomic mass is 32.3. The van der Waals surface area contributed by atoms with Gasteiger partial charge in [0.05, 0.1) is 0 Å². The minimum atomic E-state index is -0.851. The second kappa shape index (κ2) is 5.56. The van der Waals surface area contributed by atoms with Crippen LogP contribution >= 0.6 is 10.2 Å². The topological polar surface area (TPSA) is 12.0 Å². The Morgan fingerprint density at radius 3 is 2.59 bits per heavy atom. The van der Waals surface area contributed by atoms with Crippen molar-refractivity contribution >= 4 is 15.8 Å². The molecule has 0 saturated carbocycles. The Bertz CT molecular complexity index is 422. The van der Waals surface area contributed by atoms with Gasteiger partial charge < -0.3 is 0 Å². The summed E-state index contributed by atoms with van der Waals surface area (Å²) in [5.74, 6) is 1.26. The highest BCUT2D eigenvalue weighted by molar-refractivity contribution is 8.37. The molecule has 1 aromatic carbocycles. The lowest BCUT2D eigenvalue weighted by molar-refractivity contribution is 0.890. The van der Waals surface area contributed by atoms with E-state index < -0.39 is 10.2 Å². The van der Waals surface area contributed by atoms with E-state index >= 15 is 0 Å². The Morgan fingerprint density at radius 2 is 1.94 bits per heavy atom. The van der Waals surface area contributed by atoms with Crippen LogP contribution in [-0.2, 0) is 0 Å². The number of nitrogens with one attached hydrogen (secondary N) is 1. The van der Waals surface area contributed by atoms with Crippen molar-refractivity contribution in [3.8, 4) is 0 Å². The Balaban J connectivity index is 2.20. The van der Waals surface area contributed by atoms with Crippen molar-refractivity contribution in [3.05, 3.63) is 52.8 Å². The molecule has 0 fully saturated rings. The van der Waals surface area contributed by atoms with Crippen LogP contribution in [0.4, 0.5) is 0 Å². The second-order valence-electron chi connectivity index (χ2n) is 4.35. The number of hydrogen-bond donors (Lipinski definition) is 1. The van der Waals surface area contributed by atoms with E-state index in [1.165, 1.54) is 29.7 Å². The van der Waals surface area contributed by atoms with E-state index in [0.717, 1.165) is 0 Å². The van der Waals surface area contributed by atoms with Gasteiger partial charge in [0.25, 0.3) is 0 Å². The fourth-order valence-corrected chi connectivity index (χ4v) is 4.65. The standard InChI is InChI=1S/C15H21NS/c1-3-4-11-17(16-2)12-10-15(13-17)14-8-6-5-7-9-14/h5-10,12-13,16H,3-4,11H2,1-2H3. The number of rotatable bonds is 5. The summed E-state index contributed by atoms with van der Waals surface area (Å²) >= 11 is 0. The maximum atomic E-state index is 3.53. The van der Waals surface area contributed by atoms with Gasteiger partial charge in [-0.2, -0.15) is 0 Å². The lowest BCUT2D eigenvalue weighted by Crippen LogP contribution is -2.13. The van der Waals surface area contributed by atoms with Crippen molar-refractivity contribution in [2.75, 3.05) is 12.8 Å². The molecule has 2 heteroatoms. The largest absolute Gasteiger partial charge is 0.277 e. The molecule has 0 amide bonds. The van der Waals surface area contributed by atoms with E-state index in [4.69, 9.17) is 0 Å². The Labute approximate surface area is 106 Å². The summed E-state index contributed by atoms with van der Waals surface area (Å²) in [4.78, 5) is 0. The van der Waals surface area contributed by atoms with Crippen molar-refractivity contribution in [2.45, 2.75) is 19.8 Å². The van der Waals surface area contributed by atoms with Crippen LogP contribution in [0, 0.1) is 0 Å². The summed E-state index contributed by atoms with van der Waals surface area (Å²) in [6.45, 7) is 2.25. The van der Waals surface area contributed by atoms with Crippen LogP contribution in [0.15, 0.2) is 47.2 Å². The molecule has 0 aromatic heterocycles. The van der Waals surface area contributed by atoms with E-state index in [2.05, 4.69) is 65.9 Å². The zero-order valence-electron chi connectivity index (χ0n) is 10.6. The van der Waals surface area contributed by atoms with E-state index in [0.29, 0.717) is 0 Å². The lowest BCUT2D eigenvalue weighted by atomic mass is 10.1. The molecule has 0 aliphatic carbocycles. The molecular weight excluding hydrogens is 226 g/mol. The predicted octanol–water partition coefficient (Wildman–Crippen LogP) is 4.29. The molecule has 2 rings (SSSR count). The molecule has 1 aromatic rings. The van der Waals surface area contributed by atoms with Crippen molar-refractivity contribution in [2.24, 2.45) is 0 Å². The number of hydrogen-bond acceptors (Lipinski definition) is 1. The van der Waals surface area contributed by atoms with E-state index in [1.54, 1.807) is 0 Å². The third-order valence-electron chi connectivity index (χ3n) is 3.15. The quantitative estimate of drug-likeness (QED) is 0.818. The van der Waals surface area contributed by atoms with Gasteiger partial charge in [0.2, 0.25) is 0 Å². The molecule has 1 nitrogen and oxygen atoms in total. The average Bonchev–Trinajstić information content (AvgIpc) is 2.83. The zero-order valence-corrected chi connectivity index (χ0v) is 11.5. The molecule has 0 bridgehead atoms. The van der Waals surface area contributed by atoms with Gasteiger partial charge in [-0.05, 0) is 47.3 Å². The third-order valence-corrected chi connectivity index (χ3v) is 6.17. The van der Waals surface area contributed by atoms with Gasteiger partial charge in [-0.25, -0.2) is 0 Å². The first-order valence-corrected chi connectivity index (χ1v) is 8.17. The van der Waals surface area contributed by atoms with Gasteiger partial charge in [-0.1, -0.05) is 43.7 Å². The minimum absolute atomic E-state index is 0.851. The van der Waals surface area contributed by atoms with Crippen LogP contribution in [0.1, 0.15) is 25.3 Å². The molecule has 1 aliphatic rings. The van der Waals surface area contributed by atoms with Crippen molar-refractivity contribution in [1.82, 2.24) is 4.72 Å². The first-order valence-electron chi connectivity index (χ1n) is 6.24. The van der Waals surface area contributed by atoms with E-state index in [-0.39, 0.29) is 0 Å². The Morgan fingerprint density at radius 1 is 1.18 bits per heavy atom. The van der Waals surface area contributed by atoms with Gasteiger partial charge in [-0.15, -0.1) is 10.2 Å². The van der Waals surface area contributed by atoms with Gasteiger partial charge in [0.15, 0.2) is 0 Å². The Kier molecular flexibility index (Phi) is 4.08. The van der Waals surface area contributed by atoms with Crippen molar-refractivity contribution in [3.63, 3.8) is 0 Å². The predicted molar refractivity (Wildman–Crippen MR) is 80.0 cm³/mol. The highest BCUT2D eigenvalue weighted by Gasteiger charge is 2.20. The van der Waals surface area contributed by atoms with E-state index in [1.807, 2.05) is 0 Å². The molecule has 0 spiro atoms. The molecule has 1 unspecified atom stereocenters. The van der Waals surface area contributed by atoms with Gasteiger partial charge in [0, 0.05) is 0 Å². The molecular formula is C15H21NS. The third kappa shape index (κ3) is 2.82. The van der Waals surface area contributed by atoms with Crippen LogP contribution in [0.5, 0.6) is 0 Å². The summed E-state index contributed by atoms with van der Waals surface area (Å²) in [7, 11) is 1.23. The van der Waals surface area contributed by atoms with Crippen LogP contribution in [0.25, 0.3) is 5.57 Å². The highest BCUT2D eigenvalue weighted by Crippen LogP contribution is 2.53. The normalized spacial score (nSPS) is 26.6.